The Kier molecular flexibility index (Phi) is 5.23. The summed E-state index contributed by atoms with van der Waals surface area (Å²) < 4.78 is 5.70. The third-order valence-corrected chi connectivity index (χ3v) is 4.61. The molecule has 2 aliphatic heterocycles. The van der Waals surface area contributed by atoms with E-state index in [0.717, 1.165) is 25.8 Å². The lowest BCUT2D eigenvalue weighted by Crippen LogP contribution is -2.46. The van der Waals surface area contributed by atoms with Crippen molar-refractivity contribution in [3.8, 4) is 0 Å². The van der Waals surface area contributed by atoms with E-state index < -0.39 is 0 Å². The van der Waals surface area contributed by atoms with Gasteiger partial charge in [-0.25, -0.2) is 0 Å². The lowest BCUT2D eigenvalue weighted by Gasteiger charge is -2.33. The van der Waals surface area contributed by atoms with Crippen LogP contribution in [-0.2, 0) is 4.74 Å². The first-order valence-corrected chi connectivity index (χ1v) is 7.71. The molecule has 0 aromatic carbocycles. The first-order valence-electron chi connectivity index (χ1n) is 7.71. The smallest absolute Gasteiger partial charge is 0.0547 e. The zero-order chi connectivity index (χ0) is 13.9. The van der Waals surface area contributed by atoms with Crippen LogP contribution in [-0.4, -0.2) is 75.4 Å². The van der Waals surface area contributed by atoms with Gasteiger partial charge in [0.2, 0.25) is 0 Å². The molecule has 2 rings (SSSR count). The van der Waals surface area contributed by atoms with Crippen LogP contribution in [0, 0.1) is 5.41 Å². The zero-order valence-electron chi connectivity index (χ0n) is 13.1. The van der Waals surface area contributed by atoms with Crippen LogP contribution in [0.25, 0.3) is 0 Å². The van der Waals surface area contributed by atoms with Crippen molar-refractivity contribution >= 4 is 0 Å². The second kappa shape index (κ2) is 6.53. The van der Waals surface area contributed by atoms with Crippen LogP contribution < -0.4 is 5.32 Å². The van der Waals surface area contributed by atoms with Gasteiger partial charge in [-0.05, 0) is 33.5 Å². The molecule has 0 amide bonds. The van der Waals surface area contributed by atoms with Gasteiger partial charge in [0, 0.05) is 43.7 Å². The second-order valence-corrected chi connectivity index (χ2v) is 6.98. The molecule has 2 fully saturated rings. The third-order valence-electron chi connectivity index (χ3n) is 4.61. The van der Waals surface area contributed by atoms with Gasteiger partial charge in [-0.3, -0.25) is 0 Å². The molecule has 19 heavy (non-hydrogen) atoms. The van der Waals surface area contributed by atoms with E-state index in [1.807, 2.05) is 0 Å². The first-order chi connectivity index (χ1) is 9.01. The number of ether oxygens (including phenoxy) is 1. The summed E-state index contributed by atoms with van der Waals surface area (Å²) in [5.74, 6) is 0. The molecule has 0 aliphatic carbocycles. The fraction of sp³-hybridized carbons (Fsp3) is 1.00. The molecule has 0 saturated carbocycles. The van der Waals surface area contributed by atoms with Crippen molar-refractivity contribution in [2.45, 2.75) is 38.8 Å². The summed E-state index contributed by atoms with van der Waals surface area (Å²) in [4.78, 5) is 5.01. The van der Waals surface area contributed by atoms with Crippen LogP contribution in [0.3, 0.4) is 0 Å². The second-order valence-electron chi connectivity index (χ2n) is 6.98. The van der Waals surface area contributed by atoms with Crippen molar-refractivity contribution < 1.29 is 4.74 Å². The van der Waals surface area contributed by atoms with Gasteiger partial charge in [0.1, 0.15) is 0 Å². The Labute approximate surface area is 118 Å². The highest BCUT2D eigenvalue weighted by Gasteiger charge is 2.38. The quantitative estimate of drug-likeness (QED) is 0.779. The molecule has 4 nitrogen and oxygen atoms in total. The van der Waals surface area contributed by atoms with Gasteiger partial charge in [0.05, 0.1) is 6.61 Å². The minimum Gasteiger partial charge on any atom is -0.381 e. The van der Waals surface area contributed by atoms with Gasteiger partial charge in [-0.2, -0.15) is 0 Å². The summed E-state index contributed by atoms with van der Waals surface area (Å²) in [5.41, 5.74) is 0.339. The van der Waals surface area contributed by atoms with Crippen LogP contribution in [0.15, 0.2) is 0 Å². The van der Waals surface area contributed by atoms with E-state index in [1.54, 1.807) is 0 Å². The van der Waals surface area contributed by atoms with Gasteiger partial charge >= 0.3 is 0 Å². The summed E-state index contributed by atoms with van der Waals surface area (Å²) in [6.45, 7) is 11.1. The average molecular weight is 269 g/mol. The first kappa shape index (κ1) is 15.2. The molecule has 0 aromatic rings. The van der Waals surface area contributed by atoms with Crippen molar-refractivity contribution in [3.05, 3.63) is 0 Å². The fourth-order valence-electron chi connectivity index (χ4n) is 3.24. The molecule has 2 heterocycles. The highest BCUT2D eigenvalue weighted by Crippen LogP contribution is 2.30. The van der Waals surface area contributed by atoms with Gasteiger partial charge < -0.3 is 19.9 Å². The maximum Gasteiger partial charge on any atom is 0.0547 e. The SMILES string of the molecule is CC(C)NCC1(CN2CCC(N(C)C)C2)CCOC1. The largest absolute Gasteiger partial charge is 0.381 e. The lowest BCUT2D eigenvalue weighted by atomic mass is 9.86. The van der Waals surface area contributed by atoms with E-state index >= 15 is 0 Å². The standard InChI is InChI=1S/C15H31N3O/c1-13(2)16-10-15(6-8-19-12-15)11-18-7-5-14(9-18)17(3)4/h13-14,16H,5-12H2,1-4H3. The molecule has 112 valence electrons. The third kappa shape index (κ3) is 4.15. The molecule has 0 spiro atoms. The number of hydrogen-bond acceptors (Lipinski definition) is 4. The molecule has 2 saturated heterocycles. The topological polar surface area (TPSA) is 27.7 Å². The van der Waals surface area contributed by atoms with E-state index in [9.17, 15) is 0 Å². The Hall–Kier alpha value is -0.160. The molecule has 4 heteroatoms. The zero-order valence-corrected chi connectivity index (χ0v) is 13.1. The Morgan fingerprint density at radius 2 is 2.21 bits per heavy atom. The summed E-state index contributed by atoms with van der Waals surface area (Å²) in [6.07, 6.45) is 2.51. The Morgan fingerprint density at radius 1 is 1.42 bits per heavy atom. The Morgan fingerprint density at radius 3 is 2.74 bits per heavy atom. The molecule has 2 unspecified atom stereocenters. The number of likely N-dealkylation sites (tertiary alicyclic amines) is 1. The number of nitrogens with one attached hydrogen (secondary N) is 1. The van der Waals surface area contributed by atoms with E-state index in [2.05, 4.69) is 43.1 Å². The molecule has 2 atom stereocenters. The Bertz CT molecular complexity index is 275. The minimum absolute atomic E-state index is 0.339. The van der Waals surface area contributed by atoms with Gasteiger partial charge in [0.25, 0.3) is 0 Å². The number of likely N-dealkylation sites (N-methyl/N-ethyl adjacent to an activating group) is 1. The molecule has 0 radical (unpaired) electrons. The molecule has 0 bridgehead atoms. The molecule has 1 N–H and O–H groups in total. The average Bonchev–Trinajstić information content (AvgIpc) is 2.97. The van der Waals surface area contributed by atoms with Crippen molar-refractivity contribution in [3.63, 3.8) is 0 Å². The molecule has 0 aromatic heterocycles. The highest BCUT2D eigenvalue weighted by atomic mass is 16.5. The maximum atomic E-state index is 5.70. The van der Waals surface area contributed by atoms with E-state index in [1.165, 1.54) is 32.5 Å². The molecular weight excluding hydrogens is 238 g/mol. The van der Waals surface area contributed by atoms with Crippen LogP contribution in [0.4, 0.5) is 0 Å². The van der Waals surface area contributed by atoms with Gasteiger partial charge in [-0.1, -0.05) is 13.8 Å². The van der Waals surface area contributed by atoms with E-state index in [0.29, 0.717) is 11.5 Å². The van der Waals surface area contributed by atoms with Crippen LogP contribution in [0.2, 0.25) is 0 Å². The van der Waals surface area contributed by atoms with Crippen molar-refractivity contribution in [1.29, 1.82) is 0 Å². The Balaban J connectivity index is 1.87. The van der Waals surface area contributed by atoms with Crippen molar-refractivity contribution in [2.24, 2.45) is 5.41 Å². The summed E-state index contributed by atoms with van der Waals surface area (Å²) in [5, 5.41) is 3.62. The number of hydrogen-bond donors (Lipinski definition) is 1. The predicted molar refractivity (Wildman–Crippen MR) is 79.5 cm³/mol. The van der Waals surface area contributed by atoms with Crippen molar-refractivity contribution in [2.75, 3.05) is 53.5 Å². The monoisotopic (exact) mass is 269 g/mol. The van der Waals surface area contributed by atoms with Crippen LogP contribution in [0.5, 0.6) is 0 Å². The van der Waals surface area contributed by atoms with Crippen LogP contribution >= 0.6 is 0 Å². The van der Waals surface area contributed by atoms with E-state index in [-0.39, 0.29) is 0 Å². The summed E-state index contributed by atoms with van der Waals surface area (Å²) in [6, 6.07) is 1.29. The summed E-state index contributed by atoms with van der Waals surface area (Å²) in [7, 11) is 4.39. The van der Waals surface area contributed by atoms with Gasteiger partial charge in [0.15, 0.2) is 0 Å². The number of rotatable bonds is 6. The fourth-order valence-corrected chi connectivity index (χ4v) is 3.24. The number of nitrogens with zero attached hydrogens (tertiary/aromatic N) is 2. The maximum absolute atomic E-state index is 5.70. The van der Waals surface area contributed by atoms with Gasteiger partial charge in [-0.15, -0.1) is 0 Å². The summed E-state index contributed by atoms with van der Waals surface area (Å²) >= 11 is 0. The predicted octanol–water partition coefficient (Wildman–Crippen LogP) is 1.03. The lowest BCUT2D eigenvalue weighted by molar-refractivity contribution is 0.114. The van der Waals surface area contributed by atoms with Crippen molar-refractivity contribution in [1.82, 2.24) is 15.1 Å². The molecular formula is C15H31N3O. The highest BCUT2D eigenvalue weighted by molar-refractivity contribution is 4.92. The van der Waals surface area contributed by atoms with Crippen LogP contribution in [0.1, 0.15) is 26.7 Å². The molecule has 2 aliphatic rings. The minimum atomic E-state index is 0.339. The van der Waals surface area contributed by atoms with E-state index in [4.69, 9.17) is 4.74 Å². The normalized spacial score (nSPS) is 32.8.